The second-order valence-electron chi connectivity index (χ2n) is 11.1. The van der Waals surface area contributed by atoms with Crippen molar-refractivity contribution in [2.45, 2.75) is 43.6 Å². The average molecular weight is 516 g/mol. The van der Waals surface area contributed by atoms with Crippen LogP contribution in [-0.4, -0.2) is 54.9 Å². The molecular weight excluding hydrogens is 481 g/mol. The van der Waals surface area contributed by atoms with Crippen molar-refractivity contribution in [1.29, 1.82) is 10.5 Å². The fraction of sp³-hybridized carbons (Fsp3) is 0.500. The van der Waals surface area contributed by atoms with Gasteiger partial charge in [-0.3, -0.25) is 0 Å². The summed E-state index contributed by atoms with van der Waals surface area (Å²) in [7, 11) is 0. The van der Waals surface area contributed by atoms with Gasteiger partial charge in [-0.25, -0.2) is 9.18 Å². The molecule has 3 aliphatic rings. The van der Waals surface area contributed by atoms with Gasteiger partial charge in [0.15, 0.2) is 0 Å². The first-order valence-corrected chi connectivity index (χ1v) is 13.6. The number of rotatable bonds is 7. The van der Waals surface area contributed by atoms with Crippen molar-refractivity contribution < 1.29 is 14.3 Å². The molecule has 2 aromatic carbocycles. The van der Waals surface area contributed by atoms with Gasteiger partial charge in [0.2, 0.25) is 0 Å². The maximum Gasteiger partial charge on any atom is 0.404 e. The molecule has 0 spiro atoms. The van der Waals surface area contributed by atoms with Crippen molar-refractivity contribution in [3.63, 3.8) is 0 Å². The molecule has 2 aromatic rings. The van der Waals surface area contributed by atoms with Crippen LogP contribution in [-0.2, 0) is 5.41 Å². The van der Waals surface area contributed by atoms with Gasteiger partial charge in [-0.1, -0.05) is 18.6 Å². The van der Waals surface area contributed by atoms with E-state index in [1.807, 2.05) is 30.3 Å². The summed E-state index contributed by atoms with van der Waals surface area (Å²) in [6, 6.07) is 18.6. The van der Waals surface area contributed by atoms with Gasteiger partial charge in [0.05, 0.1) is 23.1 Å². The van der Waals surface area contributed by atoms with Crippen LogP contribution in [0.4, 0.5) is 14.9 Å². The second-order valence-corrected chi connectivity index (χ2v) is 11.1. The number of carboxylic acid groups (broad SMARTS) is 1. The van der Waals surface area contributed by atoms with E-state index in [-0.39, 0.29) is 23.7 Å². The van der Waals surface area contributed by atoms with Gasteiger partial charge in [0.25, 0.3) is 0 Å². The van der Waals surface area contributed by atoms with Crippen molar-refractivity contribution in [3.05, 3.63) is 65.5 Å². The van der Waals surface area contributed by atoms with Crippen molar-refractivity contribution in [1.82, 2.24) is 10.2 Å². The molecule has 5 rings (SSSR count). The average Bonchev–Trinajstić information content (AvgIpc) is 3.35. The van der Waals surface area contributed by atoms with Crippen LogP contribution in [0, 0.1) is 46.2 Å². The number of benzene rings is 2. The molecule has 0 aromatic heterocycles. The fourth-order valence-electron chi connectivity index (χ4n) is 7.15. The summed E-state index contributed by atoms with van der Waals surface area (Å²) in [5.41, 5.74) is 1.57. The minimum Gasteiger partial charge on any atom is -0.465 e. The molecule has 0 radical (unpaired) electrons. The Balaban J connectivity index is 1.26. The topological polar surface area (TPSA) is 103 Å². The summed E-state index contributed by atoms with van der Waals surface area (Å²) >= 11 is 0. The molecule has 0 bridgehead atoms. The van der Waals surface area contributed by atoms with Gasteiger partial charge in [-0.05, 0) is 86.7 Å². The maximum atomic E-state index is 14.4. The number of nitrogens with zero attached hydrogens (tertiary/aromatic N) is 4. The lowest BCUT2D eigenvalue weighted by molar-refractivity contribution is 0.0949. The molecule has 2 saturated heterocycles. The summed E-state index contributed by atoms with van der Waals surface area (Å²) in [5, 5.41) is 31.8. The minimum atomic E-state index is -1.07. The number of nitriles is 2. The van der Waals surface area contributed by atoms with E-state index in [1.54, 1.807) is 6.07 Å². The van der Waals surface area contributed by atoms with E-state index in [4.69, 9.17) is 5.26 Å². The van der Waals surface area contributed by atoms with Crippen LogP contribution >= 0.6 is 0 Å². The first kappa shape index (κ1) is 26.0. The van der Waals surface area contributed by atoms with Crippen molar-refractivity contribution in [2.75, 3.05) is 37.6 Å². The minimum absolute atomic E-state index is 0.0308. The fourth-order valence-corrected chi connectivity index (χ4v) is 7.15. The van der Waals surface area contributed by atoms with Crippen LogP contribution in [0.3, 0.4) is 0 Å². The Kier molecular flexibility index (Phi) is 7.53. The summed E-state index contributed by atoms with van der Waals surface area (Å²) in [4.78, 5) is 16.3. The number of piperidine rings is 1. The third-order valence-electron chi connectivity index (χ3n) is 8.96. The molecule has 3 atom stereocenters. The van der Waals surface area contributed by atoms with Crippen molar-refractivity contribution >= 4 is 11.8 Å². The summed E-state index contributed by atoms with van der Waals surface area (Å²) in [5.74, 6) is 0.0556. The van der Waals surface area contributed by atoms with E-state index in [1.165, 1.54) is 12.1 Å². The molecule has 198 valence electrons. The number of amides is 1. The number of hydrogen-bond donors (Lipinski definition) is 2. The molecule has 0 unspecified atom stereocenters. The Morgan fingerprint density at radius 2 is 1.82 bits per heavy atom. The SMILES string of the molecule is N#Cc1ccc(N2CC(CN3CCC([C@@](C#N)(c4cccc(F)c4)[C@H]4CCC[C@@H]4NC(=O)O)CC3)C2)cc1. The lowest BCUT2D eigenvalue weighted by Gasteiger charge is -2.48. The molecule has 7 nitrogen and oxygen atoms in total. The molecule has 2 N–H and O–H groups in total. The highest BCUT2D eigenvalue weighted by Gasteiger charge is 2.52. The number of nitrogens with one attached hydrogen (secondary N) is 1. The lowest BCUT2D eigenvalue weighted by Crippen LogP contribution is -2.55. The Morgan fingerprint density at radius 3 is 2.45 bits per heavy atom. The van der Waals surface area contributed by atoms with Crippen LogP contribution in [0.2, 0.25) is 0 Å². The smallest absolute Gasteiger partial charge is 0.404 e. The second kappa shape index (κ2) is 11.0. The first-order chi connectivity index (χ1) is 18.4. The molecule has 2 aliphatic heterocycles. The van der Waals surface area contributed by atoms with Crippen LogP contribution in [0.5, 0.6) is 0 Å². The molecule has 1 aliphatic carbocycles. The van der Waals surface area contributed by atoms with E-state index in [9.17, 15) is 19.6 Å². The lowest BCUT2D eigenvalue weighted by atomic mass is 9.59. The molecule has 1 saturated carbocycles. The zero-order valence-electron chi connectivity index (χ0n) is 21.5. The zero-order chi connectivity index (χ0) is 26.7. The van der Waals surface area contributed by atoms with Crippen LogP contribution in [0.15, 0.2) is 48.5 Å². The zero-order valence-corrected chi connectivity index (χ0v) is 21.5. The number of carbonyl (C=O) groups is 1. The normalized spacial score (nSPS) is 24.1. The highest BCUT2D eigenvalue weighted by Crippen LogP contribution is 2.50. The predicted octanol–water partition coefficient (Wildman–Crippen LogP) is 4.74. The molecule has 3 fully saturated rings. The first-order valence-electron chi connectivity index (χ1n) is 13.6. The van der Waals surface area contributed by atoms with Gasteiger partial charge in [-0.15, -0.1) is 0 Å². The van der Waals surface area contributed by atoms with Gasteiger partial charge in [0, 0.05) is 43.2 Å². The van der Waals surface area contributed by atoms with Gasteiger partial charge < -0.3 is 20.2 Å². The van der Waals surface area contributed by atoms with Crippen molar-refractivity contribution in [3.8, 4) is 12.1 Å². The largest absolute Gasteiger partial charge is 0.465 e. The van der Waals surface area contributed by atoms with Crippen LogP contribution in [0.1, 0.15) is 43.2 Å². The van der Waals surface area contributed by atoms with E-state index in [2.05, 4.69) is 27.3 Å². The molecule has 1 amide bonds. The van der Waals surface area contributed by atoms with E-state index < -0.39 is 11.5 Å². The maximum absolute atomic E-state index is 14.4. The highest BCUT2D eigenvalue weighted by molar-refractivity contribution is 5.65. The van der Waals surface area contributed by atoms with Crippen molar-refractivity contribution in [2.24, 2.45) is 17.8 Å². The summed E-state index contributed by atoms with van der Waals surface area (Å²) in [6.07, 6.45) is 2.89. The number of anilines is 1. The monoisotopic (exact) mass is 515 g/mol. The Labute approximate surface area is 223 Å². The van der Waals surface area contributed by atoms with Crippen LogP contribution in [0.25, 0.3) is 0 Å². The summed E-state index contributed by atoms with van der Waals surface area (Å²) in [6.45, 7) is 4.73. The highest BCUT2D eigenvalue weighted by atomic mass is 19.1. The Morgan fingerprint density at radius 1 is 1.08 bits per heavy atom. The van der Waals surface area contributed by atoms with Gasteiger partial charge >= 0.3 is 6.09 Å². The van der Waals surface area contributed by atoms with Gasteiger partial charge in [0.1, 0.15) is 5.82 Å². The molecule has 2 heterocycles. The van der Waals surface area contributed by atoms with E-state index in [0.717, 1.165) is 64.1 Å². The van der Waals surface area contributed by atoms with E-state index in [0.29, 0.717) is 23.5 Å². The molecular formula is C30H34FN5O2. The number of hydrogen-bond acceptors (Lipinski definition) is 5. The number of likely N-dealkylation sites (tertiary alicyclic amines) is 1. The number of halogens is 1. The Hall–Kier alpha value is -3.62. The standard InChI is InChI=1S/C30H34FN5O2/c31-25-4-1-3-24(15-25)30(20-33,27-5-2-6-28(27)34-29(37)38)23-11-13-35(14-12-23)17-22-18-36(19-22)26-9-7-21(16-32)8-10-26/h1,3-4,7-10,15,22-23,27-28,34H,2,5-6,11-14,17-19H2,(H,37,38)/t27-,28-,30-/m0/s1. The Bertz CT molecular complexity index is 1220. The van der Waals surface area contributed by atoms with Gasteiger partial charge in [-0.2, -0.15) is 10.5 Å². The van der Waals surface area contributed by atoms with E-state index >= 15 is 0 Å². The third-order valence-corrected chi connectivity index (χ3v) is 8.96. The predicted molar refractivity (Wildman–Crippen MR) is 142 cm³/mol. The molecule has 38 heavy (non-hydrogen) atoms. The third kappa shape index (κ3) is 5.06. The van der Waals surface area contributed by atoms with Crippen LogP contribution < -0.4 is 10.2 Å². The summed E-state index contributed by atoms with van der Waals surface area (Å²) < 4.78 is 14.4. The molecule has 8 heteroatoms. The quantitative estimate of drug-likeness (QED) is 0.552.